The van der Waals surface area contributed by atoms with Crippen molar-refractivity contribution < 1.29 is 16.2 Å². The Morgan fingerprint density at radius 2 is 1.89 bits per heavy atom. The van der Waals surface area contributed by atoms with E-state index in [9.17, 15) is 0 Å². The predicted octanol–water partition coefficient (Wildman–Crippen LogP) is 2.05. The molecule has 0 saturated carbocycles. The Labute approximate surface area is 65.8 Å². The molecule has 0 heterocycles. The van der Waals surface area contributed by atoms with Gasteiger partial charge in [-0.3, -0.25) is 0 Å². The van der Waals surface area contributed by atoms with Crippen molar-refractivity contribution in [2.45, 2.75) is 0 Å². The minimum absolute atomic E-state index is 0.207. The van der Waals surface area contributed by atoms with Crippen molar-refractivity contribution in [2.75, 3.05) is 0 Å². The van der Waals surface area contributed by atoms with Gasteiger partial charge in [-0.25, -0.2) is 0 Å². The molecule has 1 unspecified atom stereocenters. The van der Waals surface area contributed by atoms with Gasteiger partial charge in [0.15, 0.2) is 0 Å². The van der Waals surface area contributed by atoms with Crippen molar-refractivity contribution in [3.8, 4) is 0 Å². The van der Waals surface area contributed by atoms with Crippen molar-refractivity contribution >= 4 is 19.1 Å². The van der Waals surface area contributed by atoms with Gasteiger partial charge >= 0.3 is 65.7 Å². The van der Waals surface area contributed by atoms with Gasteiger partial charge in [0.05, 0.1) is 0 Å². The van der Waals surface area contributed by atoms with Gasteiger partial charge in [-0.1, -0.05) is 0 Å². The van der Waals surface area contributed by atoms with E-state index in [-0.39, 0.29) is 16.2 Å². The summed E-state index contributed by atoms with van der Waals surface area (Å²) in [5.41, 5.74) is 0. The molecule has 0 aliphatic rings. The second-order valence-electron chi connectivity index (χ2n) is 1.50. The Kier molecular flexibility index (Phi) is 3.78. The zero-order valence-electron chi connectivity index (χ0n) is 4.74. The molecule has 0 N–H and O–H groups in total. The van der Waals surface area contributed by atoms with Crippen molar-refractivity contribution in [3.63, 3.8) is 0 Å². The number of rotatable bonds is 1. The molecule has 1 rings (SSSR count). The van der Waals surface area contributed by atoms with Crippen LogP contribution in [0.1, 0.15) is 0 Å². The van der Waals surface area contributed by atoms with E-state index in [0.29, 0.717) is 0 Å². The Bertz CT molecular complexity index is 195. The van der Waals surface area contributed by atoms with Crippen LogP contribution in [0.25, 0.3) is 0 Å². The van der Waals surface area contributed by atoms with Crippen molar-refractivity contribution in [1.82, 2.24) is 0 Å². The third-order valence-electron chi connectivity index (χ3n) is 0.885. The van der Waals surface area contributed by atoms with Crippen LogP contribution in [0.4, 0.5) is 0 Å². The number of hydrogen-bond acceptors (Lipinski definition) is 0. The first-order chi connectivity index (χ1) is 4.43. The summed E-state index contributed by atoms with van der Waals surface area (Å²) in [6, 6.07) is 10.6. The van der Waals surface area contributed by atoms with E-state index in [1.165, 1.54) is 11.7 Å². The average Bonchev–Trinajstić information content (AvgIpc) is 1.91. The molecule has 50 valence electrons. The van der Waals surface area contributed by atoms with E-state index in [1.54, 1.807) is 0 Å². The second kappa shape index (κ2) is 4.42. The monoisotopic (exact) mass is 334 g/mol. The molecule has 1 aromatic rings. The van der Waals surface area contributed by atoms with Crippen LogP contribution in [0.2, 0.25) is 0 Å². The molecule has 0 spiro atoms. The quantitative estimate of drug-likeness (QED) is 0.690. The summed E-state index contributed by atoms with van der Waals surface area (Å²) in [5, 5.41) is 1.45. The van der Waals surface area contributed by atoms with Gasteiger partial charge in [0.1, 0.15) is 0 Å². The molecule has 3 heteroatoms. The molecular weight excluding hydrogens is 326 g/mol. The third-order valence-corrected chi connectivity index (χ3v) is 6.34. The molecule has 0 radical (unpaired) electrons. The van der Waals surface area contributed by atoms with Gasteiger partial charge in [0, 0.05) is 0 Å². The van der Waals surface area contributed by atoms with Crippen LogP contribution in [0.15, 0.2) is 30.3 Å². The van der Waals surface area contributed by atoms with E-state index in [0.717, 1.165) is 0 Å². The maximum absolute atomic E-state index is 2.84. The molecule has 1 aromatic carbocycles. The van der Waals surface area contributed by atoms with E-state index in [2.05, 4.69) is 37.8 Å². The molecule has 0 fully saturated rings. The van der Waals surface area contributed by atoms with Gasteiger partial charge in [-0.15, -0.1) is 0 Å². The summed E-state index contributed by atoms with van der Waals surface area (Å²) in [6.07, 6.45) is 1.52. The van der Waals surface area contributed by atoms with Crippen LogP contribution in [-0.4, -0.2) is 0 Å². The Hall–Kier alpha value is 0.599. The maximum atomic E-state index is 2.84. The molecule has 0 bridgehead atoms. The van der Waals surface area contributed by atoms with Crippen LogP contribution in [0, 0.1) is 0 Å². The van der Waals surface area contributed by atoms with E-state index in [1.807, 2.05) is 0 Å². The fourth-order valence-electron chi connectivity index (χ4n) is 0.527. The van der Waals surface area contributed by atoms with Crippen LogP contribution < -0.4 is 5.30 Å². The molecular formula is C6H7IrP2. The Morgan fingerprint density at radius 3 is 2.44 bits per heavy atom. The SMILES string of the molecule is [PH2]/[Ir]=[P]/c1ccccc1. The summed E-state index contributed by atoms with van der Waals surface area (Å²) in [5.74, 6) is 0. The zero-order chi connectivity index (χ0) is 6.53. The van der Waals surface area contributed by atoms with Crippen molar-refractivity contribution in [3.05, 3.63) is 30.3 Å². The Balaban J connectivity index is 2.85. The standard InChI is InChI=1S/C6H5P.Ir.H2P/c7-6-4-2-1-3-5-6;;/h1-5H;;1H2/q;+1;-1. The first-order valence-electron chi connectivity index (χ1n) is 2.48. The normalized spacial score (nSPS) is 12.1. The molecule has 1 atom stereocenters. The fourth-order valence-corrected chi connectivity index (χ4v) is 5.48. The molecule has 0 amide bonds. The van der Waals surface area contributed by atoms with Gasteiger partial charge in [0.25, 0.3) is 0 Å². The molecule has 0 saturated heterocycles. The van der Waals surface area contributed by atoms with E-state index < -0.39 is 0 Å². The summed E-state index contributed by atoms with van der Waals surface area (Å²) >= 11 is 0.207. The van der Waals surface area contributed by atoms with Crippen LogP contribution >= 0.6 is 13.8 Å². The minimum atomic E-state index is 0.207. The average molecular weight is 333 g/mol. The van der Waals surface area contributed by atoms with E-state index >= 15 is 0 Å². The first-order valence-corrected chi connectivity index (χ1v) is 11.0. The van der Waals surface area contributed by atoms with Crippen molar-refractivity contribution in [2.24, 2.45) is 0 Å². The predicted molar refractivity (Wildman–Crippen MR) is 42.7 cm³/mol. The van der Waals surface area contributed by atoms with E-state index in [4.69, 9.17) is 0 Å². The first kappa shape index (κ1) is 7.70. The van der Waals surface area contributed by atoms with Gasteiger partial charge < -0.3 is 0 Å². The van der Waals surface area contributed by atoms with Crippen LogP contribution in [0.3, 0.4) is 0 Å². The molecule has 0 aliphatic heterocycles. The summed E-state index contributed by atoms with van der Waals surface area (Å²) in [4.78, 5) is 0. The topological polar surface area (TPSA) is 0 Å². The van der Waals surface area contributed by atoms with Gasteiger partial charge in [-0.05, 0) is 0 Å². The number of hydrogen-bond donors (Lipinski definition) is 0. The zero-order valence-corrected chi connectivity index (χ0v) is 9.19. The fraction of sp³-hybridized carbons (Fsp3) is 0. The summed E-state index contributed by atoms with van der Waals surface area (Å²) < 4.78 is 0. The second-order valence-corrected chi connectivity index (χ2v) is 10.0. The molecule has 9 heavy (non-hydrogen) atoms. The van der Waals surface area contributed by atoms with Crippen molar-refractivity contribution in [1.29, 1.82) is 0 Å². The van der Waals surface area contributed by atoms with Crippen LogP contribution in [-0.2, 0) is 16.2 Å². The molecule has 0 nitrogen and oxygen atoms in total. The third kappa shape index (κ3) is 2.78. The van der Waals surface area contributed by atoms with Gasteiger partial charge in [-0.2, -0.15) is 0 Å². The van der Waals surface area contributed by atoms with Gasteiger partial charge in [0.2, 0.25) is 0 Å². The van der Waals surface area contributed by atoms with Crippen LogP contribution in [0.5, 0.6) is 0 Å². The summed E-state index contributed by atoms with van der Waals surface area (Å²) in [6.45, 7) is 0. The Morgan fingerprint density at radius 1 is 1.22 bits per heavy atom. The summed E-state index contributed by atoms with van der Waals surface area (Å²) in [7, 11) is 2.84. The number of benzene rings is 1. The molecule has 0 aromatic heterocycles. The molecule has 0 aliphatic carbocycles.